The molecule has 4 nitrogen and oxygen atoms in total. The van der Waals surface area contributed by atoms with Crippen LogP contribution in [0.2, 0.25) is 0 Å². The van der Waals surface area contributed by atoms with Crippen molar-refractivity contribution in [3.05, 3.63) is 35.9 Å². The van der Waals surface area contributed by atoms with Gasteiger partial charge in [0, 0.05) is 13.0 Å². The number of hydrogen-bond acceptors (Lipinski definition) is 2. The highest BCUT2D eigenvalue weighted by Gasteiger charge is 2.44. The summed E-state index contributed by atoms with van der Waals surface area (Å²) in [6.07, 6.45) is 2.00. The predicted molar refractivity (Wildman–Crippen MR) is 71.5 cm³/mol. The Bertz CT molecular complexity index is 458. The topological polar surface area (TPSA) is 57.6 Å². The molecule has 2 rings (SSSR count). The summed E-state index contributed by atoms with van der Waals surface area (Å²) in [5.41, 5.74) is 0.914. The minimum atomic E-state index is -0.888. The molecule has 1 fully saturated rings. The third-order valence-electron chi connectivity index (χ3n) is 3.64. The van der Waals surface area contributed by atoms with Gasteiger partial charge in [-0.15, -0.1) is 0 Å². The summed E-state index contributed by atoms with van der Waals surface area (Å²) in [5.74, 6) is -1.57. The van der Waals surface area contributed by atoms with E-state index in [1.54, 1.807) is 4.90 Å². The first-order valence-electron chi connectivity index (χ1n) is 6.72. The number of amides is 1. The Hall–Kier alpha value is -1.84. The molecule has 0 bridgehead atoms. The fourth-order valence-corrected chi connectivity index (χ4v) is 2.67. The Morgan fingerprint density at radius 2 is 2.05 bits per heavy atom. The van der Waals surface area contributed by atoms with Crippen LogP contribution in [0, 0.1) is 5.92 Å². The lowest BCUT2D eigenvalue weighted by Crippen LogP contribution is -2.31. The van der Waals surface area contributed by atoms with E-state index in [1.807, 2.05) is 30.3 Å². The second-order valence-electron chi connectivity index (χ2n) is 4.95. The van der Waals surface area contributed by atoms with Crippen LogP contribution >= 0.6 is 0 Å². The molecule has 1 aliphatic rings. The third kappa shape index (κ3) is 2.78. The van der Waals surface area contributed by atoms with E-state index in [0.29, 0.717) is 6.54 Å². The predicted octanol–water partition coefficient (Wildman–Crippen LogP) is 2.46. The minimum absolute atomic E-state index is 0.0466. The molecule has 19 heavy (non-hydrogen) atoms. The van der Waals surface area contributed by atoms with Crippen molar-refractivity contribution in [1.82, 2.24) is 4.90 Å². The summed E-state index contributed by atoms with van der Waals surface area (Å²) >= 11 is 0. The largest absolute Gasteiger partial charge is 0.481 e. The molecule has 102 valence electrons. The van der Waals surface area contributed by atoms with Crippen molar-refractivity contribution in [3.8, 4) is 0 Å². The zero-order chi connectivity index (χ0) is 13.8. The number of likely N-dealkylation sites (tertiary alicyclic amines) is 1. The van der Waals surface area contributed by atoms with E-state index in [1.165, 1.54) is 0 Å². The standard InChI is InChI=1S/C15H19NO3/c1-2-3-9-16-13(17)10-12(15(18)19)14(16)11-7-5-4-6-8-11/h4-8,12,14H,2-3,9-10H2,1H3,(H,18,19)/t12-,14-/m1/s1. The molecule has 0 spiro atoms. The average Bonchev–Trinajstić information content (AvgIpc) is 2.74. The number of nitrogens with zero attached hydrogens (tertiary/aromatic N) is 1. The van der Waals surface area contributed by atoms with Crippen LogP contribution in [-0.2, 0) is 9.59 Å². The normalized spacial score (nSPS) is 22.8. The maximum absolute atomic E-state index is 12.0. The number of benzene rings is 1. The lowest BCUT2D eigenvalue weighted by molar-refractivity contribution is -0.142. The van der Waals surface area contributed by atoms with Gasteiger partial charge in [-0.3, -0.25) is 9.59 Å². The second-order valence-corrected chi connectivity index (χ2v) is 4.95. The van der Waals surface area contributed by atoms with E-state index in [0.717, 1.165) is 18.4 Å². The van der Waals surface area contributed by atoms with Gasteiger partial charge < -0.3 is 10.0 Å². The van der Waals surface area contributed by atoms with Gasteiger partial charge in [-0.1, -0.05) is 43.7 Å². The van der Waals surface area contributed by atoms with E-state index in [9.17, 15) is 14.7 Å². The summed E-state index contributed by atoms with van der Waals surface area (Å²) in [4.78, 5) is 25.1. The van der Waals surface area contributed by atoms with Crippen LogP contribution in [0.15, 0.2) is 30.3 Å². The summed E-state index contributed by atoms with van der Waals surface area (Å²) in [7, 11) is 0. The van der Waals surface area contributed by atoms with E-state index in [4.69, 9.17) is 0 Å². The van der Waals surface area contributed by atoms with E-state index < -0.39 is 11.9 Å². The fraction of sp³-hybridized carbons (Fsp3) is 0.467. The van der Waals surface area contributed by atoms with Gasteiger partial charge in [0.05, 0.1) is 12.0 Å². The number of carboxylic acid groups (broad SMARTS) is 1. The summed E-state index contributed by atoms with van der Waals surface area (Å²) in [5, 5.41) is 9.33. The van der Waals surface area contributed by atoms with Gasteiger partial charge in [-0.2, -0.15) is 0 Å². The molecule has 1 aromatic rings. The number of aliphatic carboxylic acids is 1. The van der Waals surface area contributed by atoms with Crippen molar-refractivity contribution in [2.45, 2.75) is 32.2 Å². The SMILES string of the molecule is CCCCN1C(=O)C[C@@H](C(=O)O)[C@H]1c1ccccc1. The lowest BCUT2D eigenvalue weighted by Gasteiger charge is -2.27. The molecule has 0 saturated carbocycles. The van der Waals surface area contributed by atoms with Crippen molar-refractivity contribution < 1.29 is 14.7 Å². The van der Waals surface area contributed by atoms with Crippen LogP contribution in [0.25, 0.3) is 0 Å². The van der Waals surface area contributed by atoms with Gasteiger partial charge in [0.25, 0.3) is 0 Å². The first-order valence-corrected chi connectivity index (χ1v) is 6.72. The maximum Gasteiger partial charge on any atom is 0.309 e. The molecule has 1 N–H and O–H groups in total. The summed E-state index contributed by atoms with van der Waals surface area (Å²) in [6.45, 7) is 2.70. The number of unbranched alkanes of at least 4 members (excludes halogenated alkanes) is 1. The number of carbonyl (C=O) groups excluding carboxylic acids is 1. The van der Waals surface area contributed by atoms with Gasteiger partial charge in [0.15, 0.2) is 0 Å². The highest BCUT2D eigenvalue weighted by atomic mass is 16.4. The smallest absolute Gasteiger partial charge is 0.309 e. The molecular weight excluding hydrogens is 242 g/mol. The Morgan fingerprint density at radius 3 is 2.63 bits per heavy atom. The Morgan fingerprint density at radius 1 is 1.37 bits per heavy atom. The van der Waals surface area contributed by atoms with Crippen LogP contribution in [0.4, 0.5) is 0 Å². The van der Waals surface area contributed by atoms with Gasteiger partial charge in [-0.25, -0.2) is 0 Å². The number of carbonyl (C=O) groups is 2. The van der Waals surface area contributed by atoms with E-state index >= 15 is 0 Å². The highest BCUT2D eigenvalue weighted by molar-refractivity contribution is 5.87. The lowest BCUT2D eigenvalue weighted by atomic mass is 9.94. The third-order valence-corrected chi connectivity index (χ3v) is 3.64. The number of rotatable bonds is 5. The maximum atomic E-state index is 12.0. The van der Waals surface area contributed by atoms with Crippen molar-refractivity contribution >= 4 is 11.9 Å². The molecule has 1 amide bonds. The Balaban J connectivity index is 2.30. The molecule has 1 aromatic carbocycles. The summed E-state index contributed by atoms with van der Waals surface area (Å²) < 4.78 is 0. The van der Waals surface area contributed by atoms with Crippen LogP contribution in [-0.4, -0.2) is 28.4 Å². The van der Waals surface area contributed by atoms with E-state index in [2.05, 4.69) is 6.92 Å². The Labute approximate surface area is 113 Å². The molecule has 1 heterocycles. The Kier molecular flexibility index (Phi) is 4.20. The summed E-state index contributed by atoms with van der Waals surface area (Å²) in [6, 6.07) is 9.14. The first-order chi connectivity index (χ1) is 9.15. The minimum Gasteiger partial charge on any atom is -0.481 e. The molecule has 1 saturated heterocycles. The fourth-order valence-electron chi connectivity index (χ4n) is 2.67. The quantitative estimate of drug-likeness (QED) is 0.885. The molecule has 1 aliphatic heterocycles. The second kappa shape index (κ2) is 5.87. The van der Waals surface area contributed by atoms with Crippen LogP contribution < -0.4 is 0 Å². The monoisotopic (exact) mass is 261 g/mol. The van der Waals surface area contributed by atoms with Gasteiger partial charge in [0.2, 0.25) is 5.91 Å². The number of hydrogen-bond donors (Lipinski definition) is 1. The van der Waals surface area contributed by atoms with E-state index in [-0.39, 0.29) is 18.4 Å². The van der Waals surface area contributed by atoms with Crippen LogP contribution in [0.3, 0.4) is 0 Å². The zero-order valence-corrected chi connectivity index (χ0v) is 11.1. The van der Waals surface area contributed by atoms with Gasteiger partial charge in [-0.05, 0) is 12.0 Å². The van der Waals surface area contributed by atoms with Gasteiger partial charge in [0.1, 0.15) is 0 Å². The van der Waals surface area contributed by atoms with Crippen molar-refractivity contribution in [1.29, 1.82) is 0 Å². The average molecular weight is 261 g/mol. The molecule has 0 aromatic heterocycles. The molecule has 0 unspecified atom stereocenters. The molecule has 4 heteroatoms. The van der Waals surface area contributed by atoms with Crippen molar-refractivity contribution in [2.24, 2.45) is 5.92 Å². The number of carboxylic acids is 1. The van der Waals surface area contributed by atoms with Crippen LogP contribution in [0.5, 0.6) is 0 Å². The van der Waals surface area contributed by atoms with Crippen LogP contribution in [0.1, 0.15) is 37.8 Å². The molecule has 0 aliphatic carbocycles. The van der Waals surface area contributed by atoms with Gasteiger partial charge >= 0.3 is 5.97 Å². The molecule has 0 radical (unpaired) electrons. The van der Waals surface area contributed by atoms with Crippen molar-refractivity contribution in [3.63, 3.8) is 0 Å². The highest BCUT2D eigenvalue weighted by Crippen LogP contribution is 2.38. The van der Waals surface area contributed by atoms with Crippen molar-refractivity contribution in [2.75, 3.05) is 6.54 Å². The molecule has 2 atom stereocenters. The first kappa shape index (κ1) is 13.6. The zero-order valence-electron chi connectivity index (χ0n) is 11.1. The molecular formula is C15H19NO3.